The van der Waals surface area contributed by atoms with Gasteiger partial charge in [0.25, 0.3) is 5.91 Å². The number of amides is 1. The molecule has 0 radical (unpaired) electrons. The number of hydrogen-bond donors (Lipinski definition) is 1. The van der Waals surface area contributed by atoms with Gasteiger partial charge in [0.15, 0.2) is 6.10 Å². The van der Waals surface area contributed by atoms with Crippen LogP contribution in [0.2, 0.25) is 0 Å². The lowest BCUT2D eigenvalue weighted by Gasteiger charge is -2.19. The maximum atomic E-state index is 12.1. The largest absolute Gasteiger partial charge is 0.481 e. The van der Waals surface area contributed by atoms with Crippen molar-refractivity contribution in [3.05, 3.63) is 29.8 Å². The highest BCUT2D eigenvalue weighted by molar-refractivity contribution is 8.00. The SMILES string of the molecule is CCC(Oc1ccc(C)cc1)C(=O)NCCSC(C)(C)C. The second kappa shape index (κ2) is 8.32. The summed E-state index contributed by atoms with van der Waals surface area (Å²) in [6.45, 7) is 11.2. The smallest absolute Gasteiger partial charge is 0.261 e. The molecule has 0 aliphatic carbocycles. The molecule has 0 saturated heterocycles. The maximum Gasteiger partial charge on any atom is 0.261 e. The van der Waals surface area contributed by atoms with E-state index in [0.29, 0.717) is 13.0 Å². The molecule has 1 aromatic rings. The van der Waals surface area contributed by atoms with Gasteiger partial charge < -0.3 is 10.1 Å². The van der Waals surface area contributed by atoms with Crippen LogP contribution in [0.3, 0.4) is 0 Å². The predicted molar refractivity (Wildman–Crippen MR) is 91.1 cm³/mol. The molecule has 1 N–H and O–H groups in total. The molecular formula is C17H27NO2S. The Labute approximate surface area is 132 Å². The van der Waals surface area contributed by atoms with Crippen molar-refractivity contribution in [2.45, 2.75) is 51.9 Å². The molecule has 0 aliphatic rings. The third kappa shape index (κ3) is 7.42. The van der Waals surface area contributed by atoms with E-state index in [1.165, 1.54) is 5.56 Å². The quantitative estimate of drug-likeness (QED) is 0.779. The van der Waals surface area contributed by atoms with Gasteiger partial charge in [-0.3, -0.25) is 4.79 Å². The Morgan fingerprint density at radius 3 is 2.43 bits per heavy atom. The molecule has 0 aromatic heterocycles. The first-order valence-corrected chi connectivity index (χ1v) is 8.45. The second-order valence-corrected chi connectivity index (χ2v) is 8.00. The minimum atomic E-state index is -0.424. The van der Waals surface area contributed by atoms with Crippen molar-refractivity contribution >= 4 is 17.7 Å². The Morgan fingerprint density at radius 2 is 1.90 bits per heavy atom. The lowest BCUT2D eigenvalue weighted by atomic mass is 10.2. The van der Waals surface area contributed by atoms with E-state index in [9.17, 15) is 4.79 Å². The van der Waals surface area contributed by atoms with Crippen molar-refractivity contribution in [2.75, 3.05) is 12.3 Å². The van der Waals surface area contributed by atoms with E-state index >= 15 is 0 Å². The highest BCUT2D eigenvalue weighted by atomic mass is 32.2. The van der Waals surface area contributed by atoms with Crippen molar-refractivity contribution in [2.24, 2.45) is 0 Å². The van der Waals surface area contributed by atoms with Gasteiger partial charge in [-0.05, 0) is 25.5 Å². The van der Waals surface area contributed by atoms with Crippen molar-refractivity contribution in [1.29, 1.82) is 0 Å². The number of carbonyl (C=O) groups excluding carboxylic acids is 1. The van der Waals surface area contributed by atoms with Crippen LogP contribution in [0.1, 0.15) is 39.7 Å². The van der Waals surface area contributed by atoms with Gasteiger partial charge in [-0.15, -0.1) is 0 Å². The second-order valence-electron chi connectivity index (χ2n) is 6.08. The maximum absolute atomic E-state index is 12.1. The average Bonchev–Trinajstić information content (AvgIpc) is 2.41. The monoisotopic (exact) mass is 309 g/mol. The van der Waals surface area contributed by atoms with Gasteiger partial charge in [-0.1, -0.05) is 45.4 Å². The molecule has 1 atom stereocenters. The van der Waals surface area contributed by atoms with Crippen LogP contribution in [-0.4, -0.2) is 29.1 Å². The van der Waals surface area contributed by atoms with Crippen molar-refractivity contribution < 1.29 is 9.53 Å². The molecule has 4 heteroatoms. The molecule has 1 unspecified atom stereocenters. The zero-order chi connectivity index (χ0) is 15.9. The van der Waals surface area contributed by atoms with Crippen LogP contribution >= 0.6 is 11.8 Å². The van der Waals surface area contributed by atoms with Crippen LogP contribution in [-0.2, 0) is 4.79 Å². The van der Waals surface area contributed by atoms with Gasteiger partial charge in [0.2, 0.25) is 0 Å². The molecule has 21 heavy (non-hydrogen) atoms. The summed E-state index contributed by atoms with van der Waals surface area (Å²) in [7, 11) is 0. The molecule has 0 saturated carbocycles. The van der Waals surface area contributed by atoms with E-state index in [4.69, 9.17) is 4.74 Å². The molecule has 1 rings (SSSR count). The van der Waals surface area contributed by atoms with Crippen LogP contribution in [0, 0.1) is 6.92 Å². The number of aryl methyl sites for hydroxylation is 1. The van der Waals surface area contributed by atoms with Crippen molar-refractivity contribution in [3.63, 3.8) is 0 Å². The third-order valence-corrected chi connectivity index (χ3v) is 4.17. The van der Waals surface area contributed by atoms with E-state index in [0.717, 1.165) is 11.5 Å². The summed E-state index contributed by atoms with van der Waals surface area (Å²) >= 11 is 1.84. The van der Waals surface area contributed by atoms with Crippen molar-refractivity contribution in [3.8, 4) is 5.75 Å². The van der Waals surface area contributed by atoms with E-state index < -0.39 is 6.10 Å². The summed E-state index contributed by atoms with van der Waals surface area (Å²) in [5.41, 5.74) is 1.18. The Kier molecular flexibility index (Phi) is 7.09. The fraction of sp³-hybridized carbons (Fsp3) is 0.588. The van der Waals surface area contributed by atoms with Gasteiger partial charge in [-0.2, -0.15) is 11.8 Å². The summed E-state index contributed by atoms with van der Waals surface area (Å²) in [6, 6.07) is 7.78. The van der Waals surface area contributed by atoms with Crippen molar-refractivity contribution in [1.82, 2.24) is 5.32 Å². The number of thioether (sulfide) groups is 1. The van der Waals surface area contributed by atoms with E-state index in [1.807, 2.05) is 49.9 Å². The molecule has 3 nitrogen and oxygen atoms in total. The van der Waals surface area contributed by atoms with Crippen LogP contribution in [0.5, 0.6) is 5.75 Å². The van der Waals surface area contributed by atoms with E-state index in [2.05, 4.69) is 26.1 Å². The molecule has 1 aromatic carbocycles. The summed E-state index contributed by atoms with van der Waals surface area (Å²) in [5.74, 6) is 1.62. The Hall–Kier alpha value is -1.16. The van der Waals surface area contributed by atoms with Crippen LogP contribution in [0.4, 0.5) is 0 Å². The summed E-state index contributed by atoms with van der Waals surface area (Å²) in [5, 5.41) is 2.95. The Bertz CT molecular complexity index is 437. The number of benzene rings is 1. The standard InChI is InChI=1S/C17H27NO2S/c1-6-15(20-14-9-7-13(2)8-10-14)16(19)18-11-12-21-17(3,4)5/h7-10,15H,6,11-12H2,1-5H3,(H,18,19). The average molecular weight is 309 g/mol. The van der Waals surface area contributed by atoms with Crippen LogP contribution in [0.15, 0.2) is 24.3 Å². The van der Waals surface area contributed by atoms with Crippen LogP contribution in [0.25, 0.3) is 0 Å². The molecule has 0 bridgehead atoms. The number of carbonyl (C=O) groups is 1. The Balaban J connectivity index is 2.41. The summed E-state index contributed by atoms with van der Waals surface area (Å²) in [4.78, 5) is 12.1. The van der Waals surface area contributed by atoms with E-state index in [1.54, 1.807) is 0 Å². The Morgan fingerprint density at radius 1 is 1.29 bits per heavy atom. The third-order valence-electron chi connectivity index (χ3n) is 2.90. The van der Waals surface area contributed by atoms with Gasteiger partial charge >= 0.3 is 0 Å². The molecule has 0 fully saturated rings. The fourth-order valence-corrected chi connectivity index (χ4v) is 2.57. The highest BCUT2D eigenvalue weighted by Crippen LogP contribution is 2.22. The molecule has 1 amide bonds. The highest BCUT2D eigenvalue weighted by Gasteiger charge is 2.18. The topological polar surface area (TPSA) is 38.3 Å². The van der Waals surface area contributed by atoms with Gasteiger partial charge in [0.1, 0.15) is 5.75 Å². The lowest BCUT2D eigenvalue weighted by molar-refractivity contribution is -0.127. The normalized spacial score (nSPS) is 12.8. The van der Waals surface area contributed by atoms with Gasteiger partial charge in [-0.25, -0.2) is 0 Å². The molecule has 0 heterocycles. The molecule has 0 aliphatic heterocycles. The summed E-state index contributed by atoms with van der Waals surface area (Å²) in [6.07, 6.45) is 0.235. The molecule has 118 valence electrons. The first-order valence-electron chi connectivity index (χ1n) is 7.47. The lowest BCUT2D eigenvalue weighted by Crippen LogP contribution is -2.39. The number of ether oxygens (including phenoxy) is 1. The minimum Gasteiger partial charge on any atom is -0.481 e. The molecule has 0 spiro atoms. The van der Waals surface area contributed by atoms with Crippen LogP contribution < -0.4 is 10.1 Å². The summed E-state index contributed by atoms with van der Waals surface area (Å²) < 4.78 is 5.99. The zero-order valence-corrected chi connectivity index (χ0v) is 14.5. The van der Waals surface area contributed by atoms with E-state index in [-0.39, 0.29) is 10.7 Å². The first-order chi connectivity index (χ1) is 9.81. The van der Waals surface area contributed by atoms with Gasteiger partial charge in [0.05, 0.1) is 0 Å². The number of nitrogens with one attached hydrogen (secondary N) is 1. The molecular weight excluding hydrogens is 282 g/mol. The zero-order valence-electron chi connectivity index (χ0n) is 13.7. The fourth-order valence-electron chi connectivity index (χ4n) is 1.75. The van der Waals surface area contributed by atoms with Gasteiger partial charge in [0, 0.05) is 17.0 Å². The predicted octanol–water partition coefficient (Wildman–Crippen LogP) is 3.80. The number of hydrogen-bond acceptors (Lipinski definition) is 3. The first kappa shape index (κ1) is 17.9. The minimum absolute atomic E-state index is 0.0346. The number of rotatable bonds is 7.